The molecule has 4 rings (SSSR count). The van der Waals surface area contributed by atoms with E-state index in [1.165, 1.54) is 20.0 Å². The molecule has 4 N–H and O–H groups in total. The second kappa shape index (κ2) is 7.75. The van der Waals surface area contributed by atoms with Crippen molar-refractivity contribution >= 4 is 33.0 Å². The molecule has 2 aromatic rings. The fourth-order valence-electron chi connectivity index (χ4n) is 3.70. The van der Waals surface area contributed by atoms with Crippen molar-refractivity contribution in [1.82, 2.24) is 9.97 Å². The predicted octanol–water partition coefficient (Wildman–Crippen LogP) is 4.08. The lowest BCUT2D eigenvalue weighted by molar-refractivity contribution is -0.141. The van der Waals surface area contributed by atoms with E-state index in [1.807, 2.05) is 0 Å². The van der Waals surface area contributed by atoms with Crippen LogP contribution in [0.5, 0.6) is 0 Å². The highest BCUT2D eigenvalue weighted by molar-refractivity contribution is 7.93. The summed E-state index contributed by atoms with van der Waals surface area (Å²) in [6.07, 6.45) is -0.866. The second-order valence-corrected chi connectivity index (χ2v) is 11.5. The number of anilines is 1. The van der Waals surface area contributed by atoms with E-state index in [-0.39, 0.29) is 26.4 Å². The lowest BCUT2D eigenvalue weighted by atomic mass is 10.00. The molecule has 1 saturated carbocycles. The summed E-state index contributed by atoms with van der Waals surface area (Å²) in [5.41, 5.74) is -1.38. The van der Waals surface area contributed by atoms with E-state index in [4.69, 9.17) is 5.14 Å². The average molecular weight is 490 g/mol. The Labute approximate surface area is 186 Å². The van der Waals surface area contributed by atoms with Gasteiger partial charge in [-0.05, 0) is 57.4 Å². The summed E-state index contributed by atoms with van der Waals surface area (Å²) in [4.78, 5) is 20.5. The molecule has 8 nitrogen and oxygen atoms in total. The first-order valence-electron chi connectivity index (χ1n) is 9.95. The zero-order valence-electron chi connectivity index (χ0n) is 17.3. The van der Waals surface area contributed by atoms with E-state index < -0.39 is 33.4 Å². The maximum Gasteiger partial charge on any atom is 0.433 e. The Morgan fingerprint density at radius 2 is 2.03 bits per heavy atom. The minimum absolute atomic E-state index is 0.0249. The molecule has 32 heavy (non-hydrogen) atoms. The number of aryl methyl sites for hydroxylation is 1. The molecule has 2 aliphatic rings. The van der Waals surface area contributed by atoms with Crippen molar-refractivity contribution in [3.8, 4) is 0 Å². The van der Waals surface area contributed by atoms with Crippen LogP contribution in [0.4, 0.5) is 23.7 Å². The molecule has 13 heteroatoms. The summed E-state index contributed by atoms with van der Waals surface area (Å²) in [6, 6.07) is -1.11. The van der Waals surface area contributed by atoms with Crippen LogP contribution in [0.25, 0.3) is 0 Å². The minimum atomic E-state index is -4.66. The number of hydrogen-bond acceptors (Lipinski definition) is 6. The van der Waals surface area contributed by atoms with Crippen LogP contribution in [0.2, 0.25) is 0 Å². The van der Waals surface area contributed by atoms with Crippen LogP contribution in [-0.2, 0) is 34.5 Å². The van der Waals surface area contributed by atoms with Gasteiger partial charge in [0.15, 0.2) is 9.92 Å². The Hall–Kier alpha value is -2.09. The van der Waals surface area contributed by atoms with Crippen molar-refractivity contribution in [3.63, 3.8) is 0 Å². The third-order valence-corrected chi connectivity index (χ3v) is 8.45. The summed E-state index contributed by atoms with van der Waals surface area (Å²) in [5, 5.41) is 18.5. The fraction of sp³-hybridized carbons (Fsp3) is 0.526. The van der Waals surface area contributed by atoms with E-state index in [0.717, 1.165) is 11.3 Å². The molecule has 2 amide bonds. The number of urea groups is 1. The van der Waals surface area contributed by atoms with Crippen molar-refractivity contribution in [2.75, 3.05) is 5.32 Å². The van der Waals surface area contributed by atoms with Crippen LogP contribution in [0.1, 0.15) is 66.6 Å². The molecule has 0 bridgehead atoms. The number of aromatic nitrogens is 2. The molecule has 1 atom stereocenters. The molecule has 2 heterocycles. The highest BCUT2D eigenvalue weighted by Gasteiger charge is 2.43. The van der Waals surface area contributed by atoms with Crippen LogP contribution in [0.15, 0.2) is 14.8 Å². The number of nitrogens with zero attached hydrogens (tertiary/aromatic N) is 3. The van der Waals surface area contributed by atoms with Crippen LogP contribution in [-0.4, -0.2) is 25.3 Å². The lowest BCUT2D eigenvalue weighted by Gasteiger charge is -2.19. The number of halogens is 3. The number of carbonyl (C=O) groups is 1. The molecule has 0 aromatic carbocycles. The van der Waals surface area contributed by atoms with Crippen molar-refractivity contribution in [3.05, 3.63) is 33.7 Å². The smallest absolute Gasteiger partial charge is 0.383 e. The van der Waals surface area contributed by atoms with E-state index in [0.29, 0.717) is 43.4 Å². The lowest BCUT2D eigenvalue weighted by Crippen LogP contribution is -2.21. The predicted molar refractivity (Wildman–Crippen MR) is 113 cm³/mol. The van der Waals surface area contributed by atoms with E-state index >= 15 is 0 Å². The SMILES string of the molecule is CC(C)(O)c1ncc([S@](N)(=O)=NC(=O)Nc2c3c(nc(C(F)(F)F)c2C2CC2)CCC3)s1. The van der Waals surface area contributed by atoms with Gasteiger partial charge < -0.3 is 10.4 Å². The topological polar surface area (TPSA) is 131 Å². The van der Waals surface area contributed by atoms with Gasteiger partial charge >= 0.3 is 12.2 Å². The molecule has 0 saturated heterocycles. The van der Waals surface area contributed by atoms with E-state index in [2.05, 4.69) is 19.6 Å². The number of nitrogens with two attached hydrogens (primary N) is 1. The zero-order chi connectivity index (χ0) is 23.5. The third kappa shape index (κ3) is 4.51. The zero-order valence-corrected chi connectivity index (χ0v) is 19.0. The van der Waals surface area contributed by atoms with E-state index in [1.54, 1.807) is 0 Å². The standard InChI is InChI=1S/C19H22F3N5O3S2/c1-18(2,29)16-24-8-12(31-16)32(23,30)27-17(28)26-14-10-4-3-5-11(10)25-15(19(20,21)22)13(14)9-6-7-9/h8-9,29H,3-7H2,1-2H3,(H3,23,25,26,27,28,30)/t32-/m1/s1. The number of rotatable bonds is 4. The highest BCUT2D eigenvalue weighted by Crippen LogP contribution is 2.50. The Morgan fingerprint density at radius 1 is 1.34 bits per heavy atom. The average Bonchev–Trinajstić information content (AvgIpc) is 3.15. The molecular weight excluding hydrogens is 467 g/mol. The summed E-state index contributed by atoms with van der Waals surface area (Å²) >= 11 is 0.845. The van der Waals surface area contributed by atoms with Gasteiger partial charge in [-0.1, -0.05) is 0 Å². The second-order valence-electron chi connectivity index (χ2n) is 8.43. The van der Waals surface area contributed by atoms with Crippen LogP contribution >= 0.6 is 11.3 Å². The molecule has 0 unspecified atom stereocenters. The number of hydrogen-bond donors (Lipinski definition) is 3. The van der Waals surface area contributed by atoms with Gasteiger partial charge in [-0.25, -0.2) is 24.1 Å². The number of fused-ring (bicyclic) bond motifs is 1. The number of carbonyl (C=O) groups excluding carboxylic acids is 1. The number of pyridine rings is 1. The first-order valence-corrected chi connectivity index (χ1v) is 12.3. The van der Waals surface area contributed by atoms with Gasteiger partial charge in [-0.15, -0.1) is 15.7 Å². The van der Waals surface area contributed by atoms with E-state index in [9.17, 15) is 27.3 Å². The quantitative estimate of drug-likeness (QED) is 0.596. The van der Waals surface area contributed by atoms with Gasteiger partial charge in [0.2, 0.25) is 0 Å². The van der Waals surface area contributed by atoms with Gasteiger partial charge in [0, 0.05) is 11.3 Å². The van der Waals surface area contributed by atoms with Gasteiger partial charge in [0.1, 0.15) is 20.5 Å². The van der Waals surface area contributed by atoms with Crippen LogP contribution in [0, 0.1) is 0 Å². The summed E-state index contributed by atoms with van der Waals surface area (Å²) < 4.78 is 57.6. The molecule has 174 valence electrons. The van der Waals surface area contributed by atoms with Gasteiger partial charge in [-0.3, -0.25) is 0 Å². The number of nitrogens with one attached hydrogen (secondary N) is 1. The maximum atomic E-state index is 13.7. The Bertz CT molecular complexity index is 1210. The normalized spacial score (nSPS) is 18.2. The molecule has 0 spiro atoms. The minimum Gasteiger partial charge on any atom is -0.383 e. The molecule has 0 aliphatic heterocycles. The Kier molecular flexibility index (Phi) is 5.59. The Morgan fingerprint density at radius 3 is 2.59 bits per heavy atom. The molecule has 1 fully saturated rings. The van der Waals surface area contributed by atoms with Crippen molar-refractivity contribution in [2.24, 2.45) is 9.50 Å². The maximum absolute atomic E-state index is 13.7. The molecule has 0 radical (unpaired) electrons. The molecule has 2 aromatic heterocycles. The molecule has 2 aliphatic carbocycles. The monoisotopic (exact) mass is 489 g/mol. The third-order valence-electron chi connectivity index (χ3n) is 5.26. The summed E-state index contributed by atoms with van der Waals surface area (Å²) in [7, 11) is -3.72. The number of alkyl halides is 3. The fourth-order valence-corrected chi connectivity index (χ4v) is 5.76. The summed E-state index contributed by atoms with van der Waals surface area (Å²) in [5.74, 6) is -0.349. The number of aliphatic hydroxyl groups is 1. The van der Waals surface area contributed by atoms with Crippen molar-refractivity contribution in [1.29, 1.82) is 0 Å². The largest absolute Gasteiger partial charge is 0.433 e. The first kappa shape index (κ1) is 23.1. The van der Waals surface area contributed by atoms with Gasteiger partial charge in [-0.2, -0.15) is 13.2 Å². The van der Waals surface area contributed by atoms with Gasteiger partial charge in [0.05, 0.1) is 11.9 Å². The first-order chi connectivity index (χ1) is 14.8. The van der Waals surface area contributed by atoms with Crippen molar-refractivity contribution in [2.45, 2.75) is 67.9 Å². The highest BCUT2D eigenvalue weighted by atomic mass is 32.2. The Balaban J connectivity index is 1.73. The molecular formula is C19H22F3N5O3S2. The summed E-state index contributed by atoms with van der Waals surface area (Å²) in [6.45, 7) is 2.97. The van der Waals surface area contributed by atoms with Crippen LogP contribution in [0.3, 0.4) is 0 Å². The van der Waals surface area contributed by atoms with Crippen LogP contribution < -0.4 is 10.5 Å². The van der Waals surface area contributed by atoms with Gasteiger partial charge in [0.25, 0.3) is 0 Å². The number of amides is 2. The number of thiazole rings is 1. The van der Waals surface area contributed by atoms with Crippen molar-refractivity contribution < 1.29 is 27.3 Å².